The van der Waals surface area contributed by atoms with Gasteiger partial charge in [0.15, 0.2) is 0 Å². The molecule has 1 fully saturated rings. The van der Waals surface area contributed by atoms with Gasteiger partial charge in [0.2, 0.25) is 10.0 Å². The standard InChI is InChI=1S/C18H18FNO4S/c1-12-2-8-15(9-3-12)25(23,24)20-16(10-11-17(20)18(21)22)13-4-6-14(19)7-5-13/h2-9,16-17H,10-11H2,1H3,(H,21,22)/t16-,17+/m1/s1. The van der Waals surface area contributed by atoms with E-state index in [1.54, 1.807) is 12.1 Å². The summed E-state index contributed by atoms with van der Waals surface area (Å²) in [5, 5.41) is 9.48. The number of nitrogens with zero attached hydrogens (tertiary/aromatic N) is 1. The number of sulfonamides is 1. The Hall–Kier alpha value is -2.25. The van der Waals surface area contributed by atoms with Crippen LogP contribution >= 0.6 is 0 Å². The van der Waals surface area contributed by atoms with Crippen LogP contribution in [0.5, 0.6) is 0 Å². The second-order valence-electron chi connectivity index (χ2n) is 6.15. The number of halogens is 1. The molecule has 0 unspecified atom stereocenters. The molecule has 0 radical (unpaired) electrons. The molecule has 0 aliphatic carbocycles. The van der Waals surface area contributed by atoms with E-state index in [1.807, 2.05) is 6.92 Å². The molecule has 3 rings (SSSR count). The van der Waals surface area contributed by atoms with Gasteiger partial charge in [-0.2, -0.15) is 4.31 Å². The molecule has 1 aliphatic rings. The van der Waals surface area contributed by atoms with E-state index in [4.69, 9.17) is 0 Å². The average Bonchev–Trinajstić information content (AvgIpc) is 3.02. The summed E-state index contributed by atoms with van der Waals surface area (Å²) in [5.74, 6) is -1.61. The molecule has 2 aromatic rings. The first-order valence-electron chi connectivity index (χ1n) is 7.89. The molecule has 1 N–H and O–H groups in total. The molecule has 132 valence electrons. The zero-order valence-electron chi connectivity index (χ0n) is 13.6. The number of hydrogen-bond donors (Lipinski definition) is 1. The van der Waals surface area contributed by atoms with Crippen LogP contribution in [0.3, 0.4) is 0 Å². The number of carboxylic acid groups (broad SMARTS) is 1. The molecule has 2 atom stereocenters. The lowest BCUT2D eigenvalue weighted by atomic mass is 10.1. The van der Waals surface area contributed by atoms with Gasteiger partial charge in [-0.25, -0.2) is 12.8 Å². The molecule has 2 aromatic carbocycles. The van der Waals surface area contributed by atoms with Crippen molar-refractivity contribution in [2.24, 2.45) is 0 Å². The highest BCUT2D eigenvalue weighted by Gasteiger charge is 2.46. The number of benzene rings is 2. The van der Waals surface area contributed by atoms with Gasteiger partial charge in [-0.3, -0.25) is 4.79 Å². The summed E-state index contributed by atoms with van der Waals surface area (Å²) >= 11 is 0. The van der Waals surface area contributed by atoms with Gasteiger partial charge >= 0.3 is 5.97 Å². The minimum atomic E-state index is -4.00. The first-order valence-corrected chi connectivity index (χ1v) is 9.33. The topological polar surface area (TPSA) is 74.7 Å². The number of carboxylic acids is 1. The van der Waals surface area contributed by atoms with Crippen molar-refractivity contribution in [1.29, 1.82) is 0 Å². The highest BCUT2D eigenvalue weighted by molar-refractivity contribution is 7.89. The largest absolute Gasteiger partial charge is 0.480 e. The van der Waals surface area contributed by atoms with Crippen molar-refractivity contribution in [3.63, 3.8) is 0 Å². The molecule has 1 heterocycles. The molecule has 1 aliphatic heterocycles. The van der Waals surface area contributed by atoms with Crippen LogP contribution < -0.4 is 0 Å². The van der Waals surface area contributed by atoms with Crippen LogP contribution in [-0.2, 0) is 14.8 Å². The van der Waals surface area contributed by atoms with Gasteiger partial charge in [0.1, 0.15) is 11.9 Å². The normalized spacial score (nSPS) is 21.4. The number of aryl methyl sites for hydroxylation is 1. The molecule has 0 spiro atoms. The van der Waals surface area contributed by atoms with Crippen LogP contribution in [0.25, 0.3) is 0 Å². The highest BCUT2D eigenvalue weighted by Crippen LogP contribution is 2.40. The SMILES string of the molecule is Cc1ccc(S(=O)(=O)N2[C@@H](c3ccc(F)cc3)CC[C@H]2C(=O)O)cc1. The second kappa shape index (κ2) is 6.57. The van der Waals surface area contributed by atoms with Crippen molar-refractivity contribution in [2.45, 2.75) is 36.7 Å². The smallest absolute Gasteiger partial charge is 0.322 e. The Morgan fingerprint density at radius 2 is 1.68 bits per heavy atom. The third-order valence-electron chi connectivity index (χ3n) is 4.46. The fraction of sp³-hybridized carbons (Fsp3) is 0.278. The molecule has 25 heavy (non-hydrogen) atoms. The number of carbonyl (C=O) groups is 1. The molecule has 0 bridgehead atoms. The van der Waals surface area contributed by atoms with E-state index in [0.29, 0.717) is 12.0 Å². The molecule has 1 saturated heterocycles. The average molecular weight is 363 g/mol. The minimum absolute atomic E-state index is 0.0540. The molecule has 0 saturated carbocycles. The maximum atomic E-state index is 13.2. The van der Waals surface area contributed by atoms with E-state index in [0.717, 1.165) is 9.87 Å². The quantitative estimate of drug-likeness (QED) is 0.906. The Morgan fingerprint density at radius 1 is 1.08 bits per heavy atom. The van der Waals surface area contributed by atoms with Crippen molar-refractivity contribution in [3.8, 4) is 0 Å². The van der Waals surface area contributed by atoms with Crippen LogP contribution in [0.4, 0.5) is 4.39 Å². The van der Waals surface area contributed by atoms with Crippen molar-refractivity contribution >= 4 is 16.0 Å². The van der Waals surface area contributed by atoms with Crippen molar-refractivity contribution in [3.05, 3.63) is 65.5 Å². The van der Waals surface area contributed by atoms with Crippen LogP contribution in [0.2, 0.25) is 0 Å². The lowest BCUT2D eigenvalue weighted by Crippen LogP contribution is -2.41. The zero-order chi connectivity index (χ0) is 18.2. The highest BCUT2D eigenvalue weighted by atomic mass is 32.2. The van der Waals surface area contributed by atoms with E-state index in [9.17, 15) is 22.7 Å². The molecule has 0 amide bonds. The van der Waals surface area contributed by atoms with Crippen molar-refractivity contribution in [1.82, 2.24) is 4.31 Å². The van der Waals surface area contributed by atoms with E-state index in [2.05, 4.69) is 0 Å². The summed E-state index contributed by atoms with van der Waals surface area (Å²) in [6, 6.07) is 10.0. The molecular formula is C18H18FNO4S. The maximum absolute atomic E-state index is 13.2. The first kappa shape index (κ1) is 17.6. The third-order valence-corrected chi connectivity index (χ3v) is 6.40. The van der Waals surface area contributed by atoms with Crippen LogP contribution in [-0.4, -0.2) is 29.8 Å². The molecule has 0 aromatic heterocycles. The summed E-state index contributed by atoms with van der Waals surface area (Å²) < 4.78 is 40.4. The second-order valence-corrected chi connectivity index (χ2v) is 7.99. The van der Waals surface area contributed by atoms with Gasteiger partial charge in [-0.1, -0.05) is 29.8 Å². The Balaban J connectivity index is 2.07. The lowest BCUT2D eigenvalue weighted by molar-refractivity contribution is -0.140. The van der Waals surface area contributed by atoms with Gasteiger partial charge in [-0.05, 0) is 49.6 Å². The van der Waals surface area contributed by atoms with Crippen molar-refractivity contribution < 1.29 is 22.7 Å². The molecular weight excluding hydrogens is 345 g/mol. The number of rotatable bonds is 4. The van der Waals surface area contributed by atoms with Crippen LogP contribution in [0.1, 0.15) is 30.0 Å². The fourth-order valence-corrected chi connectivity index (χ4v) is 5.00. The summed E-state index contributed by atoms with van der Waals surface area (Å²) in [4.78, 5) is 11.7. The molecule has 7 heteroatoms. The van der Waals surface area contributed by atoms with Gasteiger partial charge in [0.25, 0.3) is 0 Å². The minimum Gasteiger partial charge on any atom is -0.480 e. The molecule has 5 nitrogen and oxygen atoms in total. The Bertz CT molecular complexity index is 878. The lowest BCUT2D eigenvalue weighted by Gasteiger charge is -2.27. The van der Waals surface area contributed by atoms with Gasteiger partial charge in [0, 0.05) is 0 Å². The van der Waals surface area contributed by atoms with E-state index >= 15 is 0 Å². The van der Waals surface area contributed by atoms with Crippen LogP contribution in [0, 0.1) is 12.7 Å². The monoisotopic (exact) mass is 363 g/mol. The Labute approximate surface area is 145 Å². The van der Waals surface area contributed by atoms with Gasteiger partial charge < -0.3 is 5.11 Å². The fourth-order valence-electron chi connectivity index (χ4n) is 3.19. The summed E-state index contributed by atoms with van der Waals surface area (Å²) in [6.07, 6.45) is 0.580. The van der Waals surface area contributed by atoms with E-state index < -0.39 is 33.9 Å². The summed E-state index contributed by atoms with van der Waals surface area (Å²) in [6.45, 7) is 1.84. The van der Waals surface area contributed by atoms with Crippen LogP contribution in [0.15, 0.2) is 53.4 Å². The zero-order valence-corrected chi connectivity index (χ0v) is 14.4. The van der Waals surface area contributed by atoms with E-state index in [1.165, 1.54) is 36.4 Å². The van der Waals surface area contributed by atoms with E-state index in [-0.39, 0.29) is 11.3 Å². The Morgan fingerprint density at radius 3 is 2.24 bits per heavy atom. The maximum Gasteiger partial charge on any atom is 0.322 e. The predicted molar refractivity (Wildman–Crippen MR) is 90.0 cm³/mol. The third kappa shape index (κ3) is 3.29. The summed E-state index contributed by atoms with van der Waals surface area (Å²) in [7, 11) is -4.00. The van der Waals surface area contributed by atoms with Crippen molar-refractivity contribution in [2.75, 3.05) is 0 Å². The predicted octanol–water partition coefficient (Wildman–Crippen LogP) is 3.11. The van der Waals surface area contributed by atoms with Gasteiger partial charge in [-0.15, -0.1) is 0 Å². The number of aliphatic carboxylic acids is 1. The first-order chi connectivity index (χ1) is 11.8. The van der Waals surface area contributed by atoms with Gasteiger partial charge in [0.05, 0.1) is 10.9 Å². The summed E-state index contributed by atoms with van der Waals surface area (Å²) in [5.41, 5.74) is 1.49. The number of hydrogen-bond acceptors (Lipinski definition) is 3. The Kier molecular flexibility index (Phi) is 4.62.